The molecule has 0 aliphatic carbocycles. The van der Waals surface area contributed by atoms with Gasteiger partial charge in [-0.15, -0.1) is 11.3 Å². The van der Waals surface area contributed by atoms with Crippen LogP contribution in [0, 0.1) is 0 Å². The van der Waals surface area contributed by atoms with Crippen LogP contribution in [0.15, 0.2) is 182 Å². The van der Waals surface area contributed by atoms with Gasteiger partial charge in [-0.1, -0.05) is 109 Å². The summed E-state index contributed by atoms with van der Waals surface area (Å²) in [6.07, 6.45) is 0. The molecule has 0 saturated carbocycles. The Morgan fingerprint density at radius 1 is 0.411 bits per heavy atom. The summed E-state index contributed by atoms with van der Waals surface area (Å²) >= 11 is 1.87. The molecule has 0 aliphatic rings. The summed E-state index contributed by atoms with van der Waals surface area (Å²) in [6.45, 7) is 0. The highest BCUT2D eigenvalue weighted by Gasteiger charge is 2.22. The molecule has 260 valence electrons. The fourth-order valence-electron chi connectivity index (χ4n) is 9.43. The largest absolute Gasteiger partial charge is 0.309 e. The molecule has 0 aliphatic heterocycles. The first-order valence-corrected chi connectivity index (χ1v) is 19.9. The number of pyridine rings is 1. The van der Waals surface area contributed by atoms with Crippen LogP contribution in [0.2, 0.25) is 0 Å². The fraction of sp³-hybridized carbons (Fsp3) is 0. The Bertz CT molecular complexity index is 3770. The van der Waals surface area contributed by atoms with Gasteiger partial charge in [0.1, 0.15) is 5.65 Å². The van der Waals surface area contributed by atoms with Crippen LogP contribution in [-0.2, 0) is 0 Å². The van der Waals surface area contributed by atoms with Crippen molar-refractivity contribution < 1.29 is 0 Å². The van der Waals surface area contributed by atoms with Crippen molar-refractivity contribution in [3.8, 4) is 22.5 Å². The van der Waals surface area contributed by atoms with Gasteiger partial charge in [0.05, 0.1) is 54.4 Å². The minimum atomic E-state index is 0.985. The number of imidazole rings is 1. The number of thiophene rings is 1. The van der Waals surface area contributed by atoms with Crippen molar-refractivity contribution in [1.82, 2.24) is 18.5 Å². The predicted molar refractivity (Wildman–Crippen MR) is 237 cm³/mol. The first-order valence-electron chi connectivity index (χ1n) is 19.1. The second-order valence-corrected chi connectivity index (χ2v) is 15.8. The van der Waals surface area contributed by atoms with Gasteiger partial charge in [-0.05, 0) is 83.9 Å². The van der Waals surface area contributed by atoms with Crippen LogP contribution in [0.1, 0.15) is 0 Å². The molecule has 0 amide bonds. The van der Waals surface area contributed by atoms with E-state index in [-0.39, 0.29) is 0 Å². The molecule has 0 unspecified atom stereocenters. The summed E-state index contributed by atoms with van der Waals surface area (Å²) in [4.78, 5) is 5.38. The van der Waals surface area contributed by atoms with Crippen LogP contribution in [0.4, 0.5) is 0 Å². The van der Waals surface area contributed by atoms with Crippen molar-refractivity contribution in [2.45, 2.75) is 0 Å². The lowest BCUT2D eigenvalue weighted by Gasteiger charge is -2.14. The molecule has 4 nitrogen and oxygen atoms in total. The van der Waals surface area contributed by atoms with Gasteiger partial charge in [0, 0.05) is 42.7 Å². The molecule has 56 heavy (non-hydrogen) atoms. The highest BCUT2D eigenvalue weighted by atomic mass is 32.1. The molecular weight excluding hydrogens is 701 g/mol. The maximum absolute atomic E-state index is 5.38. The number of benzene rings is 8. The number of para-hydroxylation sites is 5. The lowest BCUT2D eigenvalue weighted by molar-refractivity contribution is 1.18. The second-order valence-electron chi connectivity index (χ2n) is 14.7. The highest BCUT2D eigenvalue weighted by Crippen LogP contribution is 2.45. The van der Waals surface area contributed by atoms with Gasteiger partial charge in [-0.3, -0.25) is 4.40 Å². The Balaban J connectivity index is 1.08. The smallest absolute Gasteiger partial charge is 0.148 e. The van der Waals surface area contributed by atoms with Crippen LogP contribution in [0.25, 0.3) is 114 Å². The number of nitrogens with zero attached hydrogens (tertiary/aromatic N) is 4. The molecule has 0 radical (unpaired) electrons. The van der Waals surface area contributed by atoms with Gasteiger partial charge in [0.25, 0.3) is 0 Å². The second kappa shape index (κ2) is 11.2. The van der Waals surface area contributed by atoms with Gasteiger partial charge in [-0.2, -0.15) is 0 Å². The van der Waals surface area contributed by atoms with Crippen molar-refractivity contribution in [3.63, 3.8) is 0 Å². The first kappa shape index (κ1) is 30.2. The van der Waals surface area contributed by atoms with Crippen molar-refractivity contribution in [1.29, 1.82) is 0 Å². The Morgan fingerprint density at radius 3 is 1.73 bits per heavy atom. The van der Waals surface area contributed by atoms with E-state index < -0.39 is 0 Å². The van der Waals surface area contributed by atoms with E-state index in [0.29, 0.717) is 0 Å². The topological polar surface area (TPSA) is 27.2 Å². The standard InChI is InChI=1S/C51H30N4S/c1-2-13-33(14-3-1)53-41-20-8-4-15-34(41)38-29-31(25-27-43(38)53)32-26-28-44-39(30-32)35-16-5-9-21-42(35)54(44)46-23-12-18-37-48(46)51-52-40-19-7-10-22-45(40)55(51)49-36-17-6-11-24-47(36)56-50(37)49/h1-30H. The third-order valence-electron chi connectivity index (χ3n) is 11.8. The summed E-state index contributed by atoms with van der Waals surface area (Å²) in [5, 5.41) is 8.63. The van der Waals surface area contributed by atoms with Crippen LogP contribution in [-0.4, -0.2) is 18.5 Å². The van der Waals surface area contributed by atoms with E-state index in [1.54, 1.807) is 0 Å². The SMILES string of the molecule is c1ccc(-n2c3ccccc3c3cc(-c4ccc5c(c4)c4ccccc4n5-c4cccc5c6sc7ccccc7c6n6c7ccccc7nc6c45)ccc32)cc1. The van der Waals surface area contributed by atoms with E-state index in [1.807, 2.05) is 11.3 Å². The molecule has 0 fully saturated rings. The van der Waals surface area contributed by atoms with Gasteiger partial charge in [0.15, 0.2) is 0 Å². The zero-order chi connectivity index (χ0) is 36.5. The van der Waals surface area contributed by atoms with E-state index in [9.17, 15) is 0 Å². The van der Waals surface area contributed by atoms with Crippen molar-refractivity contribution in [2.24, 2.45) is 0 Å². The number of fused-ring (bicyclic) bond motifs is 16. The maximum atomic E-state index is 5.38. The molecule has 5 aromatic heterocycles. The van der Waals surface area contributed by atoms with E-state index in [1.165, 1.54) is 86.1 Å². The number of rotatable bonds is 3. The molecule has 0 saturated heterocycles. The summed E-state index contributed by atoms with van der Waals surface area (Å²) in [6, 6.07) is 66.3. The lowest BCUT2D eigenvalue weighted by Crippen LogP contribution is -1.98. The molecule has 5 heterocycles. The summed E-state index contributed by atoms with van der Waals surface area (Å²) < 4.78 is 9.82. The van der Waals surface area contributed by atoms with E-state index in [2.05, 4.69) is 196 Å². The first-order chi connectivity index (χ1) is 27.8. The molecule has 0 N–H and O–H groups in total. The average Bonchev–Trinajstić information content (AvgIpc) is 4.01. The summed E-state index contributed by atoms with van der Waals surface area (Å²) in [7, 11) is 0. The molecule has 5 heteroatoms. The Morgan fingerprint density at radius 2 is 0.982 bits per heavy atom. The fourth-order valence-corrected chi connectivity index (χ4v) is 10.6. The van der Waals surface area contributed by atoms with Crippen molar-refractivity contribution >= 4 is 103 Å². The minimum absolute atomic E-state index is 0.985. The van der Waals surface area contributed by atoms with E-state index in [4.69, 9.17) is 4.98 Å². The molecule has 0 bridgehead atoms. The Labute approximate surface area is 324 Å². The van der Waals surface area contributed by atoms with Gasteiger partial charge in [0.2, 0.25) is 0 Å². The molecule has 0 atom stereocenters. The van der Waals surface area contributed by atoms with E-state index >= 15 is 0 Å². The van der Waals surface area contributed by atoms with Crippen LogP contribution < -0.4 is 0 Å². The summed E-state index contributed by atoms with van der Waals surface area (Å²) in [5.41, 5.74) is 13.8. The monoisotopic (exact) mass is 730 g/mol. The zero-order valence-corrected chi connectivity index (χ0v) is 30.8. The zero-order valence-electron chi connectivity index (χ0n) is 30.0. The van der Waals surface area contributed by atoms with Gasteiger partial charge in [-0.25, -0.2) is 4.98 Å². The van der Waals surface area contributed by atoms with Crippen LogP contribution >= 0.6 is 11.3 Å². The van der Waals surface area contributed by atoms with Gasteiger partial charge >= 0.3 is 0 Å². The molecule has 13 rings (SSSR count). The quantitative estimate of drug-likeness (QED) is 0.178. The number of hydrogen-bond donors (Lipinski definition) is 0. The maximum Gasteiger partial charge on any atom is 0.148 e. The third-order valence-corrected chi connectivity index (χ3v) is 13.0. The average molecular weight is 731 g/mol. The Kier molecular flexibility index (Phi) is 6.01. The molecule has 13 aromatic rings. The normalized spacial score (nSPS) is 12.3. The minimum Gasteiger partial charge on any atom is -0.309 e. The summed E-state index contributed by atoms with van der Waals surface area (Å²) in [5.74, 6) is 0. The van der Waals surface area contributed by atoms with Crippen LogP contribution in [0.5, 0.6) is 0 Å². The number of hydrogen-bond acceptors (Lipinski definition) is 2. The predicted octanol–water partition coefficient (Wildman–Crippen LogP) is 13.9. The number of aromatic nitrogens is 4. The molecule has 8 aromatic carbocycles. The van der Waals surface area contributed by atoms with Crippen molar-refractivity contribution in [3.05, 3.63) is 182 Å². The van der Waals surface area contributed by atoms with Crippen molar-refractivity contribution in [2.75, 3.05) is 0 Å². The highest BCUT2D eigenvalue weighted by molar-refractivity contribution is 7.26. The van der Waals surface area contributed by atoms with Gasteiger partial charge < -0.3 is 9.13 Å². The third kappa shape index (κ3) is 3.99. The lowest BCUT2D eigenvalue weighted by atomic mass is 10.0. The molecule has 0 spiro atoms. The Hall–Kier alpha value is -7.21. The van der Waals surface area contributed by atoms with E-state index in [0.717, 1.165) is 27.8 Å². The molecular formula is C51H30N4S. The van der Waals surface area contributed by atoms with Crippen LogP contribution in [0.3, 0.4) is 0 Å².